The van der Waals surface area contributed by atoms with E-state index in [-0.39, 0.29) is 30.2 Å². The van der Waals surface area contributed by atoms with Crippen molar-refractivity contribution >= 4 is 5.97 Å². The first kappa shape index (κ1) is 30.1. The van der Waals surface area contributed by atoms with E-state index < -0.39 is 29.0 Å². The number of esters is 1. The number of aromatic nitrogens is 2. The molecule has 39 heavy (non-hydrogen) atoms. The van der Waals surface area contributed by atoms with Gasteiger partial charge in [-0.1, -0.05) is 64.0 Å². The van der Waals surface area contributed by atoms with Crippen molar-refractivity contribution in [2.75, 3.05) is 6.61 Å². The molecule has 0 aliphatic carbocycles. The van der Waals surface area contributed by atoms with Gasteiger partial charge in [0.05, 0.1) is 6.61 Å². The van der Waals surface area contributed by atoms with E-state index in [0.717, 1.165) is 37.0 Å². The molecule has 0 aliphatic heterocycles. The summed E-state index contributed by atoms with van der Waals surface area (Å²) >= 11 is 0. The van der Waals surface area contributed by atoms with Gasteiger partial charge in [0.25, 0.3) is 0 Å². The first-order valence-corrected chi connectivity index (χ1v) is 13.7. The minimum absolute atomic E-state index is 0.130. The standard InChI is InChI=1S/C31H37F3N2O3/c1-4-6-7-8-9-10-11-12-17-31(3,34)30(37)39-25-15-13-22(14-16-25)24-20-35-29(36-21-24)23-18-26(32)28(38-5-2)27(33)19-23/h13-16,18-21H,4-12,17H2,1-3H3/t31-/m0/s1. The summed E-state index contributed by atoms with van der Waals surface area (Å²) in [5.41, 5.74) is -0.492. The molecule has 3 rings (SSSR count). The SMILES string of the molecule is CCCCCCCCCC[C@](C)(F)C(=O)Oc1ccc(-c2cnc(-c3cc(F)c(OCC)c(F)c3)nc2)cc1. The molecular weight excluding hydrogens is 505 g/mol. The fourth-order valence-corrected chi connectivity index (χ4v) is 4.22. The molecule has 210 valence electrons. The number of rotatable bonds is 15. The molecule has 0 saturated carbocycles. The number of alkyl halides is 1. The average Bonchev–Trinajstić information content (AvgIpc) is 2.92. The molecular formula is C31H37F3N2O3. The summed E-state index contributed by atoms with van der Waals surface area (Å²) in [6, 6.07) is 8.80. The first-order valence-electron chi connectivity index (χ1n) is 13.7. The molecule has 0 spiro atoms. The minimum Gasteiger partial charge on any atom is -0.488 e. The topological polar surface area (TPSA) is 61.3 Å². The summed E-state index contributed by atoms with van der Waals surface area (Å²) in [5.74, 6) is -2.59. The first-order chi connectivity index (χ1) is 18.7. The predicted molar refractivity (Wildman–Crippen MR) is 146 cm³/mol. The summed E-state index contributed by atoms with van der Waals surface area (Å²) in [6.45, 7) is 5.24. The Morgan fingerprint density at radius 1 is 0.821 bits per heavy atom. The van der Waals surface area contributed by atoms with Crippen molar-refractivity contribution in [3.8, 4) is 34.0 Å². The van der Waals surface area contributed by atoms with Crippen LogP contribution in [0.15, 0.2) is 48.8 Å². The molecule has 1 aromatic heterocycles. The highest BCUT2D eigenvalue weighted by Crippen LogP contribution is 2.29. The van der Waals surface area contributed by atoms with E-state index in [2.05, 4.69) is 16.9 Å². The molecule has 2 aromatic carbocycles. The molecule has 0 amide bonds. The molecule has 3 aromatic rings. The highest BCUT2D eigenvalue weighted by Gasteiger charge is 2.34. The fraction of sp³-hybridized carbons (Fsp3) is 0.452. The highest BCUT2D eigenvalue weighted by molar-refractivity contribution is 5.81. The smallest absolute Gasteiger partial charge is 0.348 e. The summed E-state index contributed by atoms with van der Waals surface area (Å²) in [5, 5.41) is 0. The van der Waals surface area contributed by atoms with Crippen molar-refractivity contribution in [1.29, 1.82) is 0 Å². The van der Waals surface area contributed by atoms with Crippen LogP contribution in [0.4, 0.5) is 13.2 Å². The number of unbranched alkanes of at least 4 members (excludes halogenated alkanes) is 7. The van der Waals surface area contributed by atoms with E-state index in [4.69, 9.17) is 9.47 Å². The van der Waals surface area contributed by atoms with Crippen LogP contribution in [0.1, 0.15) is 78.6 Å². The van der Waals surface area contributed by atoms with Crippen LogP contribution in [0.25, 0.3) is 22.5 Å². The molecule has 1 atom stereocenters. The van der Waals surface area contributed by atoms with Gasteiger partial charge in [0, 0.05) is 23.5 Å². The molecule has 0 saturated heterocycles. The Morgan fingerprint density at radius 3 is 1.95 bits per heavy atom. The van der Waals surface area contributed by atoms with E-state index in [1.807, 2.05) is 0 Å². The third kappa shape index (κ3) is 8.80. The van der Waals surface area contributed by atoms with Crippen LogP contribution >= 0.6 is 0 Å². The van der Waals surface area contributed by atoms with Gasteiger partial charge in [-0.05, 0) is 56.5 Å². The number of carbonyl (C=O) groups excluding carboxylic acids is 1. The van der Waals surface area contributed by atoms with Crippen LogP contribution in [-0.2, 0) is 4.79 Å². The number of hydrogen-bond acceptors (Lipinski definition) is 5. The Labute approximate surface area is 228 Å². The van der Waals surface area contributed by atoms with Crippen molar-refractivity contribution in [3.63, 3.8) is 0 Å². The average molecular weight is 543 g/mol. The number of hydrogen-bond donors (Lipinski definition) is 0. The molecule has 1 heterocycles. The molecule has 0 N–H and O–H groups in total. The van der Waals surface area contributed by atoms with Gasteiger partial charge >= 0.3 is 5.97 Å². The van der Waals surface area contributed by atoms with Gasteiger partial charge in [-0.3, -0.25) is 0 Å². The van der Waals surface area contributed by atoms with E-state index in [1.54, 1.807) is 31.2 Å². The third-order valence-electron chi connectivity index (χ3n) is 6.52. The lowest BCUT2D eigenvalue weighted by molar-refractivity contribution is -0.147. The molecule has 5 nitrogen and oxygen atoms in total. The Morgan fingerprint density at radius 2 is 1.38 bits per heavy atom. The van der Waals surface area contributed by atoms with Gasteiger partial charge in [-0.15, -0.1) is 0 Å². The molecule has 0 bridgehead atoms. The van der Waals surface area contributed by atoms with E-state index in [9.17, 15) is 18.0 Å². The Hall–Kier alpha value is -3.42. The molecule has 0 unspecified atom stereocenters. The second-order valence-electron chi connectivity index (χ2n) is 9.83. The minimum atomic E-state index is -2.05. The Bertz CT molecular complexity index is 1180. The lowest BCUT2D eigenvalue weighted by atomic mass is 9.99. The van der Waals surface area contributed by atoms with Crippen molar-refractivity contribution in [2.24, 2.45) is 0 Å². The fourth-order valence-electron chi connectivity index (χ4n) is 4.22. The highest BCUT2D eigenvalue weighted by atomic mass is 19.1. The lowest BCUT2D eigenvalue weighted by Crippen LogP contribution is -2.34. The number of halogens is 3. The van der Waals surface area contributed by atoms with Gasteiger partial charge in [0.1, 0.15) is 5.75 Å². The number of ether oxygens (including phenoxy) is 2. The third-order valence-corrected chi connectivity index (χ3v) is 6.52. The van der Waals surface area contributed by atoms with Crippen LogP contribution < -0.4 is 9.47 Å². The summed E-state index contributed by atoms with van der Waals surface area (Å²) < 4.78 is 53.6. The van der Waals surface area contributed by atoms with Gasteiger partial charge in [-0.2, -0.15) is 0 Å². The maximum absolute atomic E-state index is 14.9. The van der Waals surface area contributed by atoms with Crippen molar-refractivity contribution in [3.05, 3.63) is 60.4 Å². The van der Waals surface area contributed by atoms with Crippen LogP contribution in [-0.4, -0.2) is 28.2 Å². The summed E-state index contributed by atoms with van der Waals surface area (Å²) in [7, 11) is 0. The van der Waals surface area contributed by atoms with Crippen molar-refractivity contribution in [2.45, 2.75) is 84.2 Å². The van der Waals surface area contributed by atoms with Gasteiger partial charge < -0.3 is 9.47 Å². The summed E-state index contributed by atoms with van der Waals surface area (Å²) in [6.07, 6.45) is 11.8. The molecule has 0 radical (unpaired) electrons. The lowest BCUT2D eigenvalue weighted by Gasteiger charge is -2.18. The zero-order valence-electron chi connectivity index (χ0n) is 22.9. The molecule has 0 aliphatic rings. The Balaban J connectivity index is 1.54. The van der Waals surface area contributed by atoms with Crippen molar-refractivity contribution in [1.82, 2.24) is 9.97 Å². The van der Waals surface area contributed by atoms with E-state index in [0.29, 0.717) is 12.0 Å². The monoisotopic (exact) mass is 542 g/mol. The second-order valence-corrected chi connectivity index (χ2v) is 9.83. The zero-order valence-corrected chi connectivity index (χ0v) is 22.9. The van der Waals surface area contributed by atoms with Crippen molar-refractivity contribution < 1.29 is 27.4 Å². The summed E-state index contributed by atoms with van der Waals surface area (Å²) in [4.78, 5) is 20.9. The normalized spacial score (nSPS) is 12.7. The number of benzene rings is 2. The quantitative estimate of drug-likeness (QED) is 0.109. The number of nitrogens with zero attached hydrogens (tertiary/aromatic N) is 2. The second kappa shape index (κ2) is 14.7. The number of carbonyl (C=O) groups is 1. The van der Waals surface area contributed by atoms with Gasteiger partial charge in [0.15, 0.2) is 23.2 Å². The zero-order chi connectivity index (χ0) is 28.3. The van der Waals surface area contributed by atoms with Crippen LogP contribution in [0.5, 0.6) is 11.5 Å². The van der Waals surface area contributed by atoms with Gasteiger partial charge in [-0.25, -0.2) is 27.9 Å². The predicted octanol–water partition coefficient (Wildman–Crippen LogP) is 8.65. The van der Waals surface area contributed by atoms with Crippen LogP contribution in [0.3, 0.4) is 0 Å². The maximum atomic E-state index is 14.9. The largest absolute Gasteiger partial charge is 0.488 e. The Kier molecular flexibility index (Phi) is 11.3. The van der Waals surface area contributed by atoms with Crippen LogP contribution in [0, 0.1) is 11.6 Å². The van der Waals surface area contributed by atoms with E-state index >= 15 is 0 Å². The van der Waals surface area contributed by atoms with Crippen LogP contribution in [0.2, 0.25) is 0 Å². The molecule has 0 fully saturated rings. The van der Waals surface area contributed by atoms with E-state index in [1.165, 1.54) is 45.0 Å². The maximum Gasteiger partial charge on any atom is 0.348 e. The van der Waals surface area contributed by atoms with Gasteiger partial charge in [0.2, 0.25) is 5.67 Å². The molecule has 8 heteroatoms.